The van der Waals surface area contributed by atoms with E-state index in [1.165, 1.54) is 41.4 Å². The quantitative estimate of drug-likeness (QED) is 0.0826. The topological polar surface area (TPSA) is 209 Å². The average Bonchev–Trinajstić information content (AvgIpc) is 3.44. The Balaban J connectivity index is 1.44. The lowest BCUT2D eigenvalue weighted by atomic mass is 10.0. The molecule has 0 spiro atoms. The molecular formula is C26H25ClN6O10S2. The summed E-state index contributed by atoms with van der Waals surface area (Å²) in [4.78, 5) is 82.9. The first-order valence-electron chi connectivity index (χ1n) is 12.9. The number of esters is 2. The fraction of sp³-hybridized carbons (Fsp3) is 0.346. The number of nitrogens with one attached hydrogen (secondary N) is 2. The van der Waals surface area contributed by atoms with Gasteiger partial charge >= 0.3 is 11.9 Å². The summed E-state index contributed by atoms with van der Waals surface area (Å²) < 4.78 is 10.5. The zero-order chi connectivity index (χ0) is 32.9. The average molecular weight is 681 g/mol. The van der Waals surface area contributed by atoms with Crippen LogP contribution < -0.4 is 10.6 Å². The number of fused-ring (bicyclic) bond motifs is 1. The number of thioether (sulfide) groups is 1. The number of rotatable bonds is 12. The number of non-ortho nitro benzene ring substituents is 1. The van der Waals surface area contributed by atoms with Gasteiger partial charge in [0.2, 0.25) is 13.0 Å². The predicted molar refractivity (Wildman–Crippen MR) is 161 cm³/mol. The Morgan fingerprint density at radius 2 is 1.98 bits per heavy atom. The first-order valence-corrected chi connectivity index (χ1v) is 15.2. The van der Waals surface area contributed by atoms with Gasteiger partial charge in [0.25, 0.3) is 17.5 Å². The normalized spacial score (nSPS) is 17.9. The molecule has 2 atom stereocenters. The molecule has 1 saturated heterocycles. The third-order valence-electron chi connectivity index (χ3n) is 5.82. The number of amides is 3. The summed E-state index contributed by atoms with van der Waals surface area (Å²) in [7, 11) is 0. The smallest absolute Gasteiger partial charge is 0.356 e. The van der Waals surface area contributed by atoms with E-state index in [1.54, 1.807) is 20.8 Å². The van der Waals surface area contributed by atoms with Crippen LogP contribution in [0, 0.1) is 10.1 Å². The molecule has 0 radical (unpaired) electrons. The Morgan fingerprint density at radius 3 is 2.62 bits per heavy atom. The maximum absolute atomic E-state index is 13.3. The molecule has 0 aliphatic carbocycles. The molecule has 0 bridgehead atoms. The number of halogens is 1. The van der Waals surface area contributed by atoms with Crippen LogP contribution in [0.3, 0.4) is 0 Å². The molecular weight excluding hydrogens is 656 g/mol. The molecule has 1 aromatic carbocycles. The van der Waals surface area contributed by atoms with Crippen LogP contribution in [0.2, 0.25) is 0 Å². The molecule has 19 heteroatoms. The molecule has 1 fully saturated rings. The van der Waals surface area contributed by atoms with Crippen LogP contribution in [0.4, 0.5) is 10.8 Å². The fourth-order valence-electron chi connectivity index (χ4n) is 3.94. The number of carbonyl (C=O) groups excluding carboxylic acids is 5. The first-order chi connectivity index (χ1) is 21.3. The minimum atomic E-state index is -1.10. The summed E-state index contributed by atoms with van der Waals surface area (Å²) in [6.45, 7) is 4.14. The number of thiazole rings is 1. The number of nitrogens with zero attached hydrogens (tertiary/aromatic N) is 4. The van der Waals surface area contributed by atoms with Crippen molar-refractivity contribution in [1.82, 2.24) is 15.2 Å². The third-order valence-corrected chi connectivity index (χ3v) is 8.35. The summed E-state index contributed by atoms with van der Waals surface area (Å²) >= 11 is 8.48. The number of aromatic nitrogens is 1. The Kier molecular flexibility index (Phi) is 10.4. The van der Waals surface area contributed by atoms with Crippen molar-refractivity contribution in [1.29, 1.82) is 0 Å². The number of benzene rings is 1. The van der Waals surface area contributed by atoms with Gasteiger partial charge in [0.05, 0.1) is 9.96 Å². The highest BCUT2D eigenvalue weighted by Gasteiger charge is 2.54. The maximum atomic E-state index is 13.3. The number of hydrogen-bond acceptors (Lipinski definition) is 14. The van der Waals surface area contributed by atoms with Crippen LogP contribution in [0.25, 0.3) is 0 Å². The van der Waals surface area contributed by atoms with Crippen LogP contribution >= 0.6 is 34.7 Å². The molecule has 4 rings (SSSR count). The van der Waals surface area contributed by atoms with Crippen LogP contribution in [0.15, 0.2) is 45.5 Å². The van der Waals surface area contributed by atoms with Crippen LogP contribution in [-0.4, -0.2) is 80.1 Å². The van der Waals surface area contributed by atoms with E-state index < -0.39 is 58.0 Å². The number of nitro groups is 1. The van der Waals surface area contributed by atoms with E-state index in [2.05, 4.69) is 20.8 Å². The molecule has 2 aliphatic heterocycles. The third kappa shape index (κ3) is 8.14. The Hall–Kier alpha value is -4.55. The molecule has 1 aromatic heterocycles. The highest BCUT2D eigenvalue weighted by molar-refractivity contribution is 8.00. The number of carbonyl (C=O) groups is 5. The van der Waals surface area contributed by atoms with E-state index in [1.807, 2.05) is 0 Å². The summed E-state index contributed by atoms with van der Waals surface area (Å²) in [6.07, 6.45) is 0.396. The molecule has 2 aliphatic rings. The molecule has 16 nitrogen and oxygen atoms in total. The summed E-state index contributed by atoms with van der Waals surface area (Å²) in [5.74, 6) is -3.04. The predicted octanol–water partition coefficient (Wildman–Crippen LogP) is 2.28. The molecule has 45 heavy (non-hydrogen) atoms. The van der Waals surface area contributed by atoms with Crippen molar-refractivity contribution in [2.45, 2.75) is 44.4 Å². The van der Waals surface area contributed by atoms with E-state index in [9.17, 15) is 34.1 Å². The van der Waals surface area contributed by atoms with Gasteiger partial charge in [-0.15, -0.1) is 23.1 Å². The Labute approximate surface area is 268 Å². The molecule has 3 amide bonds. The first kappa shape index (κ1) is 33.3. The summed E-state index contributed by atoms with van der Waals surface area (Å²) in [6, 6.07) is 4.28. The molecule has 2 aromatic rings. The number of ether oxygens (including phenoxy) is 2. The molecule has 3 heterocycles. The highest BCUT2D eigenvalue weighted by atomic mass is 35.5. The van der Waals surface area contributed by atoms with Crippen molar-refractivity contribution >= 4 is 81.4 Å². The zero-order valence-corrected chi connectivity index (χ0v) is 26.2. The lowest BCUT2D eigenvalue weighted by molar-refractivity contribution is -0.384. The zero-order valence-electron chi connectivity index (χ0n) is 23.8. The number of oxime groups is 1. The van der Waals surface area contributed by atoms with Crippen LogP contribution in [0.5, 0.6) is 0 Å². The van der Waals surface area contributed by atoms with Crippen molar-refractivity contribution < 1.29 is 43.2 Å². The number of β-lactam (4-membered cyclic amide) rings is 1. The van der Waals surface area contributed by atoms with Crippen molar-refractivity contribution in [2.75, 3.05) is 17.7 Å². The van der Waals surface area contributed by atoms with Crippen molar-refractivity contribution in [3.05, 3.63) is 61.7 Å². The lowest BCUT2D eigenvalue weighted by Gasteiger charge is -2.49. The van der Waals surface area contributed by atoms with Gasteiger partial charge in [0.1, 0.15) is 35.0 Å². The minimum Gasteiger partial charge on any atom is -0.457 e. The van der Waals surface area contributed by atoms with Gasteiger partial charge in [-0.1, -0.05) is 16.8 Å². The molecule has 238 valence electrons. The number of nitro benzene ring substituents is 1. The van der Waals surface area contributed by atoms with Gasteiger partial charge in [-0.25, -0.2) is 14.6 Å². The Morgan fingerprint density at radius 1 is 1.27 bits per heavy atom. The van der Waals surface area contributed by atoms with Crippen LogP contribution in [0.1, 0.15) is 32.0 Å². The maximum Gasteiger partial charge on any atom is 0.356 e. The SMILES string of the molecule is CC(C)(C)OC(=O)CO/N=C(\C(=O)NC1C(=O)N2C(C(=O)OCc3ccc([N+](=O)[O-])cc3)=C(Cl)CS[C@H]12)c1csc(NC=O)n1. The second kappa shape index (κ2) is 14.0. The van der Waals surface area contributed by atoms with Gasteiger partial charge in [0, 0.05) is 23.3 Å². The van der Waals surface area contributed by atoms with Gasteiger partial charge in [-0.3, -0.25) is 29.4 Å². The molecule has 2 N–H and O–H groups in total. The second-order valence-corrected chi connectivity index (χ2v) is 12.6. The summed E-state index contributed by atoms with van der Waals surface area (Å²) in [5, 5.41) is 20.4. The molecule has 0 saturated carbocycles. The van der Waals surface area contributed by atoms with Crippen molar-refractivity contribution in [3.8, 4) is 0 Å². The fourth-order valence-corrected chi connectivity index (χ4v) is 6.14. The number of hydrogen-bond donors (Lipinski definition) is 2. The van der Waals surface area contributed by atoms with E-state index in [-0.39, 0.29) is 39.6 Å². The number of anilines is 1. The van der Waals surface area contributed by atoms with E-state index >= 15 is 0 Å². The van der Waals surface area contributed by atoms with E-state index in [0.29, 0.717) is 12.0 Å². The largest absolute Gasteiger partial charge is 0.457 e. The van der Waals surface area contributed by atoms with Crippen molar-refractivity contribution in [3.63, 3.8) is 0 Å². The van der Waals surface area contributed by atoms with Gasteiger partial charge in [-0.05, 0) is 38.5 Å². The van der Waals surface area contributed by atoms with E-state index in [4.69, 9.17) is 25.9 Å². The van der Waals surface area contributed by atoms with Gasteiger partial charge in [-0.2, -0.15) is 0 Å². The Bertz CT molecular complexity index is 1590. The lowest BCUT2D eigenvalue weighted by Crippen LogP contribution is -2.71. The van der Waals surface area contributed by atoms with E-state index in [0.717, 1.165) is 16.2 Å². The van der Waals surface area contributed by atoms with Gasteiger partial charge < -0.3 is 24.9 Å². The minimum absolute atomic E-state index is 0.00980. The highest BCUT2D eigenvalue weighted by Crippen LogP contribution is 2.41. The van der Waals surface area contributed by atoms with Crippen molar-refractivity contribution in [2.24, 2.45) is 5.16 Å². The second-order valence-electron chi connectivity index (χ2n) is 10.2. The van der Waals surface area contributed by atoms with Gasteiger partial charge in [0.15, 0.2) is 10.8 Å². The molecule has 1 unspecified atom stereocenters. The standard InChI is InChI=1S/C26H25ClN6O10S2/c1-26(2,3)43-17(35)9-42-31-18(16-11-45-25(29-16)28-12-34)21(36)30-19-22(37)32-20(15(27)10-44-23(19)32)24(38)41-8-13-4-6-14(7-5-13)33(39)40/h4-7,11-12,19,23H,8-10H2,1-3H3,(H,30,36)(H,28,29,34)/b31-18-/t19?,23-/m1/s1. The van der Waals surface area contributed by atoms with Crippen LogP contribution in [-0.2, 0) is 44.9 Å². The summed E-state index contributed by atoms with van der Waals surface area (Å²) in [5.41, 5.74) is -1.02. The monoisotopic (exact) mass is 680 g/mol.